The minimum Gasteiger partial charge on any atom is -0.399 e. The highest BCUT2D eigenvalue weighted by Gasteiger charge is 2.30. The van der Waals surface area contributed by atoms with E-state index in [-0.39, 0.29) is 0 Å². The van der Waals surface area contributed by atoms with E-state index < -0.39 is 8.07 Å². The van der Waals surface area contributed by atoms with Crippen molar-refractivity contribution >= 4 is 19.4 Å². The first-order valence-electron chi connectivity index (χ1n) is 9.76. The first kappa shape index (κ1) is 19.6. The topological polar surface area (TPSA) is 52.0 Å². The van der Waals surface area contributed by atoms with Crippen molar-refractivity contribution in [2.75, 3.05) is 11.5 Å². The van der Waals surface area contributed by atoms with Crippen LogP contribution < -0.4 is 11.5 Å². The van der Waals surface area contributed by atoms with Gasteiger partial charge in [0.2, 0.25) is 0 Å². The predicted molar refractivity (Wildman–Crippen MR) is 115 cm³/mol. The lowest BCUT2D eigenvalue weighted by Gasteiger charge is -2.32. The fourth-order valence-corrected chi connectivity index (χ4v) is 9.39. The second-order valence-corrected chi connectivity index (χ2v) is 12.5. The van der Waals surface area contributed by atoms with E-state index >= 15 is 0 Å². The van der Waals surface area contributed by atoms with Crippen molar-refractivity contribution < 1.29 is 0 Å². The van der Waals surface area contributed by atoms with E-state index in [1.807, 2.05) is 12.1 Å². The lowest BCUT2D eigenvalue weighted by atomic mass is 10.1. The largest absolute Gasteiger partial charge is 0.399 e. The molecule has 0 unspecified atom stereocenters. The van der Waals surface area contributed by atoms with E-state index in [4.69, 9.17) is 11.5 Å². The number of anilines is 2. The molecule has 3 heteroatoms. The average molecular weight is 355 g/mol. The molecule has 0 amide bonds. The van der Waals surface area contributed by atoms with Crippen LogP contribution in [0.25, 0.3) is 0 Å². The Bertz CT molecular complexity index is 596. The van der Waals surface area contributed by atoms with Crippen LogP contribution in [0.5, 0.6) is 0 Å². The quantitative estimate of drug-likeness (QED) is 0.412. The monoisotopic (exact) mass is 354 g/mol. The van der Waals surface area contributed by atoms with Crippen molar-refractivity contribution in [3.8, 4) is 0 Å². The Kier molecular flexibility index (Phi) is 7.57. The van der Waals surface area contributed by atoms with E-state index in [2.05, 4.69) is 50.2 Å². The molecule has 0 radical (unpaired) electrons. The molecule has 0 bridgehead atoms. The van der Waals surface area contributed by atoms with Crippen LogP contribution >= 0.6 is 0 Å². The molecule has 0 atom stereocenters. The van der Waals surface area contributed by atoms with E-state index in [1.165, 1.54) is 61.0 Å². The maximum Gasteiger partial charge on any atom is 0.0542 e. The lowest BCUT2D eigenvalue weighted by Crippen LogP contribution is -2.34. The zero-order chi connectivity index (χ0) is 18.1. The van der Waals surface area contributed by atoms with Gasteiger partial charge in [0, 0.05) is 11.4 Å². The van der Waals surface area contributed by atoms with Crippen LogP contribution in [0, 0.1) is 0 Å². The molecule has 0 aliphatic heterocycles. The van der Waals surface area contributed by atoms with E-state index in [9.17, 15) is 0 Å². The normalized spacial score (nSPS) is 11.6. The molecule has 136 valence electrons. The van der Waals surface area contributed by atoms with Gasteiger partial charge in [-0.3, -0.25) is 0 Å². The molecule has 0 saturated heterocycles. The van der Waals surface area contributed by atoms with Crippen LogP contribution in [-0.2, 0) is 12.8 Å². The molecule has 2 nitrogen and oxygen atoms in total. The summed E-state index contributed by atoms with van der Waals surface area (Å²) in [5, 5.41) is 0. The Labute approximate surface area is 154 Å². The van der Waals surface area contributed by atoms with Crippen molar-refractivity contribution in [2.45, 2.75) is 63.7 Å². The first-order chi connectivity index (χ1) is 12.1. The number of rotatable bonds is 10. The van der Waals surface area contributed by atoms with Crippen LogP contribution in [0.1, 0.15) is 37.8 Å². The van der Waals surface area contributed by atoms with Crippen LogP contribution in [0.3, 0.4) is 0 Å². The Balaban J connectivity index is 2.08. The summed E-state index contributed by atoms with van der Waals surface area (Å²) in [6.45, 7) is 4.69. The molecule has 0 spiro atoms. The summed E-state index contributed by atoms with van der Waals surface area (Å²) < 4.78 is 0. The fourth-order valence-electron chi connectivity index (χ4n) is 4.13. The number of nitrogens with two attached hydrogens (primary N) is 2. The Morgan fingerprint density at radius 2 is 1.12 bits per heavy atom. The smallest absolute Gasteiger partial charge is 0.0542 e. The molecule has 2 aromatic carbocycles. The van der Waals surface area contributed by atoms with Crippen LogP contribution in [0.2, 0.25) is 24.2 Å². The number of aryl methyl sites for hydroxylation is 2. The maximum atomic E-state index is 5.96. The molecule has 2 rings (SSSR count). The molecular weight excluding hydrogens is 320 g/mol. The zero-order valence-corrected chi connectivity index (χ0v) is 16.9. The minimum atomic E-state index is -1.28. The van der Waals surface area contributed by atoms with Gasteiger partial charge in [0.05, 0.1) is 8.07 Å². The van der Waals surface area contributed by atoms with Crippen molar-refractivity contribution in [1.29, 1.82) is 0 Å². The van der Waals surface area contributed by atoms with Gasteiger partial charge in [-0.1, -0.05) is 75.1 Å². The molecule has 0 aliphatic carbocycles. The van der Waals surface area contributed by atoms with E-state index in [0.717, 1.165) is 11.4 Å². The molecule has 4 N–H and O–H groups in total. The SMILES string of the molecule is CCC[Si](CCC)(CCc1cccc(N)c1)CCc1cccc(N)c1. The molecule has 0 aromatic heterocycles. The highest BCUT2D eigenvalue weighted by Crippen LogP contribution is 2.32. The van der Waals surface area contributed by atoms with E-state index in [0.29, 0.717) is 0 Å². The third kappa shape index (κ3) is 6.24. The van der Waals surface area contributed by atoms with Gasteiger partial charge in [-0.15, -0.1) is 0 Å². The highest BCUT2D eigenvalue weighted by molar-refractivity contribution is 6.79. The fraction of sp³-hybridized carbons (Fsp3) is 0.455. The Morgan fingerprint density at radius 3 is 1.48 bits per heavy atom. The molecule has 0 heterocycles. The molecular formula is C22H34N2Si. The van der Waals surface area contributed by atoms with Gasteiger partial charge in [0.25, 0.3) is 0 Å². The van der Waals surface area contributed by atoms with Gasteiger partial charge in [-0.25, -0.2) is 0 Å². The van der Waals surface area contributed by atoms with Crippen LogP contribution in [0.15, 0.2) is 48.5 Å². The molecule has 0 aliphatic rings. The number of benzene rings is 2. The summed E-state index contributed by atoms with van der Waals surface area (Å²) in [5.41, 5.74) is 16.5. The van der Waals surface area contributed by atoms with Gasteiger partial charge >= 0.3 is 0 Å². The van der Waals surface area contributed by atoms with Crippen LogP contribution in [0.4, 0.5) is 11.4 Å². The minimum absolute atomic E-state index is 0.885. The van der Waals surface area contributed by atoms with Crippen molar-refractivity contribution in [3.05, 3.63) is 59.7 Å². The number of hydrogen-bond acceptors (Lipinski definition) is 2. The lowest BCUT2D eigenvalue weighted by molar-refractivity contribution is 0.898. The maximum absolute atomic E-state index is 5.96. The summed E-state index contributed by atoms with van der Waals surface area (Å²) >= 11 is 0. The summed E-state index contributed by atoms with van der Waals surface area (Å²) in [6.07, 6.45) is 4.96. The third-order valence-electron chi connectivity index (χ3n) is 5.35. The highest BCUT2D eigenvalue weighted by atomic mass is 28.3. The van der Waals surface area contributed by atoms with Crippen LogP contribution in [-0.4, -0.2) is 8.07 Å². The molecule has 0 saturated carbocycles. The standard InChI is InChI=1S/C22H34N2Si/c1-3-13-25(14-4-2,15-11-19-7-5-9-21(23)17-19)16-12-20-8-6-10-22(24)18-20/h5-10,17-18H,3-4,11-16,23-24H2,1-2H3. The Hall–Kier alpha value is -1.74. The number of hydrogen-bond donors (Lipinski definition) is 2. The summed E-state index contributed by atoms with van der Waals surface area (Å²) in [6, 6.07) is 22.5. The van der Waals surface area contributed by atoms with Crippen molar-refractivity contribution in [2.24, 2.45) is 0 Å². The molecule has 25 heavy (non-hydrogen) atoms. The van der Waals surface area contributed by atoms with E-state index in [1.54, 1.807) is 0 Å². The van der Waals surface area contributed by atoms with Crippen molar-refractivity contribution in [3.63, 3.8) is 0 Å². The van der Waals surface area contributed by atoms with Gasteiger partial charge in [-0.2, -0.15) is 0 Å². The molecule has 0 fully saturated rings. The average Bonchev–Trinajstić information content (AvgIpc) is 2.59. The third-order valence-corrected chi connectivity index (χ3v) is 11.1. The van der Waals surface area contributed by atoms with Gasteiger partial charge in [0.1, 0.15) is 0 Å². The first-order valence-corrected chi connectivity index (χ1v) is 12.6. The summed E-state index contributed by atoms with van der Waals surface area (Å²) in [4.78, 5) is 0. The van der Waals surface area contributed by atoms with Gasteiger partial charge in [-0.05, 0) is 48.2 Å². The molecule has 2 aromatic rings. The van der Waals surface area contributed by atoms with Gasteiger partial charge < -0.3 is 11.5 Å². The summed E-state index contributed by atoms with van der Waals surface area (Å²) in [5.74, 6) is 0. The van der Waals surface area contributed by atoms with Crippen molar-refractivity contribution in [1.82, 2.24) is 0 Å². The second kappa shape index (κ2) is 9.67. The van der Waals surface area contributed by atoms with Gasteiger partial charge in [0.15, 0.2) is 0 Å². The Morgan fingerprint density at radius 1 is 0.680 bits per heavy atom. The predicted octanol–water partition coefficient (Wildman–Crippen LogP) is 5.91. The zero-order valence-electron chi connectivity index (χ0n) is 15.9. The second-order valence-electron chi connectivity index (χ2n) is 7.49. The number of nitrogen functional groups attached to an aromatic ring is 2. The summed E-state index contributed by atoms with van der Waals surface area (Å²) in [7, 11) is -1.28.